The average molecular weight is 376 g/mol. The SMILES string of the molecule is O=C(CCOc1cccc(O)c1)N1CCN(c2ccc3ccccc3c2)CC1. The number of phenols is 1. The number of rotatable bonds is 5. The molecule has 0 radical (unpaired) electrons. The topological polar surface area (TPSA) is 53.0 Å². The minimum atomic E-state index is 0.110. The van der Waals surface area contributed by atoms with Crippen molar-refractivity contribution in [2.75, 3.05) is 37.7 Å². The van der Waals surface area contributed by atoms with Crippen LogP contribution in [0.5, 0.6) is 11.5 Å². The number of carbonyl (C=O) groups excluding carboxylic acids is 1. The zero-order valence-corrected chi connectivity index (χ0v) is 15.8. The van der Waals surface area contributed by atoms with Gasteiger partial charge < -0.3 is 19.6 Å². The van der Waals surface area contributed by atoms with Gasteiger partial charge in [-0.3, -0.25) is 4.79 Å². The van der Waals surface area contributed by atoms with Crippen LogP contribution in [-0.2, 0) is 4.79 Å². The Hall–Kier alpha value is -3.21. The van der Waals surface area contributed by atoms with Crippen LogP contribution in [0.15, 0.2) is 66.7 Å². The van der Waals surface area contributed by atoms with Crippen molar-refractivity contribution in [3.8, 4) is 11.5 Å². The van der Waals surface area contributed by atoms with Gasteiger partial charge in [0.05, 0.1) is 13.0 Å². The van der Waals surface area contributed by atoms with Gasteiger partial charge in [0, 0.05) is 37.9 Å². The molecule has 3 aromatic carbocycles. The van der Waals surface area contributed by atoms with E-state index in [1.54, 1.807) is 24.3 Å². The van der Waals surface area contributed by atoms with Crippen LogP contribution in [0.25, 0.3) is 10.8 Å². The van der Waals surface area contributed by atoms with Crippen LogP contribution < -0.4 is 9.64 Å². The summed E-state index contributed by atoms with van der Waals surface area (Å²) in [5, 5.41) is 11.9. The Kier molecular flexibility index (Phi) is 5.33. The van der Waals surface area contributed by atoms with E-state index in [1.807, 2.05) is 4.90 Å². The largest absolute Gasteiger partial charge is 0.508 e. The van der Waals surface area contributed by atoms with E-state index in [1.165, 1.54) is 16.5 Å². The molecule has 1 heterocycles. The van der Waals surface area contributed by atoms with E-state index >= 15 is 0 Å². The van der Waals surface area contributed by atoms with Crippen molar-refractivity contribution in [2.45, 2.75) is 6.42 Å². The lowest BCUT2D eigenvalue weighted by atomic mass is 10.1. The smallest absolute Gasteiger partial charge is 0.226 e. The van der Waals surface area contributed by atoms with Gasteiger partial charge in [0.15, 0.2) is 0 Å². The lowest BCUT2D eigenvalue weighted by Gasteiger charge is -2.36. The summed E-state index contributed by atoms with van der Waals surface area (Å²) in [6.45, 7) is 3.41. The zero-order valence-electron chi connectivity index (χ0n) is 15.8. The van der Waals surface area contributed by atoms with Crippen LogP contribution in [-0.4, -0.2) is 48.7 Å². The van der Waals surface area contributed by atoms with Crippen LogP contribution in [0.3, 0.4) is 0 Å². The van der Waals surface area contributed by atoms with Crippen LogP contribution >= 0.6 is 0 Å². The predicted molar refractivity (Wildman–Crippen MR) is 111 cm³/mol. The third-order valence-electron chi connectivity index (χ3n) is 5.13. The molecule has 5 nitrogen and oxygen atoms in total. The number of aromatic hydroxyl groups is 1. The second-order valence-corrected chi connectivity index (χ2v) is 7.00. The highest BCUT2D eigenvalue weighted by Crippen LogP contribution is 2.23. The molecular weight excluding hydrogens is 352 g/mol. The maximum Gasteiger partial charge on any atom is 0.226 e. The minimum Gasteiger partial charge on any atom is -0.508 e. The third-order valence-corrected chi connectivity index (χ3v) is 5.13. The number of piperazine rings is 1. The average Bonchev–Trinajstić information content (AvgIpc) is 2.73. The summed E-state index contributed by atoms with van der Waals surface area (Å²) in [6.07, 6.45) is 0.339. The molecule has 0 aromatic heterocycles. The Labute approximate surface area is 164 Å². The van der Waals surface area contributed by atoms with Gasteiger partial charge >= 0.3 is 0 Å². The number of carbonyl (C=O) groups is 1. The highest BCUT2D eigenvalue weighted by atomic mass is 16.5. The summed E-state index contributed by atoms with van der Waals surface area (Å²) in [4.78, 5) is 16.7. The highest BCUT2D eigenvalue weighted by Gasteiger charge is 2.21. The van der Waals surface area contributed by atoms with E-state index < -0.39 is 0 Å². The number of fused-ring (bicyclic) bond motifs is 1. The van der Waals surface area contributed by atoms with Crippen molar-refractivity contribution in [3.05, 3.63) is 66.7 Å². The van der Waals surface area contributed by atoms with Crippen molar-refractivity contribution in [3.63, 3.8) is 0 Å². The molecule has 3 aromatic rings. The molecule has 1 fully saturated rings. The molecule has 1 amide bonds. The van der Waals surface area contributed by atoms with E-state index in [-0.39, 0.29) is 11.7 Å². The summed E-state index contributed by atoms with van der Waals surface area (Å²) < 4.78 is 5.56. The Morgan fingerprint density at radius 2 is 1.68 bits per heavy atom. The first-order chi connectivity index (χ1) is 13.7. The summed E-state index contributed by atoms with van der Waals surface area (Å²) in [5.74, 6) is 0.848. The van der Waals surface area contributed by atoms with Gasteiger partial charge in [-0.2, -0.15) is 0 Å². The van der Waals surface area contributed by atoms with E-state index in [9.17, 15) is 9.90 Å². The summed E-state index contributed by atoms with van der Waals surface area (Å²) in [7, 11) is 0. The summed E-state index contributed by atoms with van der Waals surface area (Å²) >= 11 is 0. The van der Waals surface area contributed by atoms with E-state index in [0.717, 1.165) is 26.2 Å². The molecule has 1 N–H and O–H groups in total. The van der Waals surface area contributed by atoms with E-state index in [0.29, 0.717) is 18.8 Å². The molecule has 1 aliphatic heterocycles. The second-order valence-electron chi connectivity index (χ2n) is 7.00. The minimum absolute atomic E-state index is 0.110. The normalized spacial score (nSPS) is 14.3. The Balaban J connectivity index is 1.27. The molecule has 4 rings (SSSR count). The van der Waals surface area contributed by atoms with Crippen molar-refractivity contribution >= 4 is 22.4 Å². The molecule has 1 saturated heterocycles. The molecule has 0 spiro atoms. The Morgan fingerprint density at radius 3 is 2.46 bits per heavy atom. The maximum atomic E-state index is 12.5. The molecule has 28 heavy (non-hydrogen) atoms. The molecule has 1 aliphatic rings. The van der Waals surface area contributed by atoms with Crippen LogP contribution in [0, 0.1) is 0 Å². The molecule has 0 aliphatic carbocycles. The van der Waals surface area contributed by atoms with Gasteiger partial charge in [-0.05, 0) is 35.0 Å². The number of ether oxygens (including phenoxy) is 1. The third kappa shape index (κ3) is 4.19. The van der Waals surface area contributed by atoms with Gasteiger partial charge in [-0.15, -0.1) is 0 Å². The van der Waals surface area contributed by atoms with Gasteiger partial charge in [-0.25, -0.2) is 0 Å². The second kappa shape index (κ2) is 8.21. The van der Waals surface area contributed by atoms with Crippen molar-refractivity contribution in [1.29, 1.82) is 0 Å². The van der Waals surface area contributed by atoms with Gasteiger partial charge in [-0.1, -0.05) is 36.4 Å². The lowest BCUT2D eigenvalue weighted by Crippen LogP contribution is -2.49. The fourth-order valence-corrected chi connectivity index (χ4v) is 3.58. The monoisotopic (exact) mass is 376 g/mol. The number of anilines is 1. The van der Waals surface area contributed by atoms with Crippen LogP contribution in [0.2, 0.25) is 0 Å². The highest BCUT2D eigenvalue weighted by molar-refractivity contribution is 5.86. The quantitative estimate of drug-likeness (QED) is 0.738. The first-order valence-corrected chi connectivity index (χ1v) is 9.62. The van der Waals surface area contributed by atoms with Crippen molar-refractivity contribution in [2.24, 2.45) is 0 Å². The van der Waals surface area contributed by atoms with Crippen LogP contribution in [0.4, 0.5) is 5.69 Å². The first-order valence-electron chi connectivity index (χ1n) is 9.62. The fourth-order valence-electron chi connectivity index (χ4n) is 3.58. The number of phenolic OH excluding ortho intramolecular Hbond substituents is 1. The maximum absolute atomic E-state index is 12.5. The zero-order chi connectivity index (χ0) is 19.3. The van der Waals surface area contributed by atoms with Gasteiger partial charge in [0.25, 0.3) is 0 Å². The molecule has 0 atom stereocenters. The molecule has 0 unspecified atom stereocenters. The number of hydrogen-bond acceptors (Lipinski definition) is 4. The molecule has 0 bridgehead atoms. The number of benzene rings is 3. The van der Waals surface area contributed by atoms with Crippen molar-refractivity contribution < 1.29 is 14.6 Å². The number of nitrogens with zero attached hydrogens (tertiary/aromatic N) is 2. The summed E-state index contributed by atoms with van der Waals surface area (Å²) in [5.41, 5.74) is 1.21. The van der Waals surface area contributed by atoms with Gasteiger partial charge in [0.1, 0.15) is 11.5 Å². The molecule has 5 heteroatoms. The van der Waals surface area contributed by atoms with Crippen molar-refractivity contribution in [1.82, 2.24) is 4.90 Å². The molecule has 0 saturated carbocycles. The summed E-state index contributed by atoms with van der Waals surface area (Å²) in [6, 6.07) is 21.5. The molecular formula is C23H24N2O3. The standard InChI is InChI=1S/C23H24N2O3/c26-21-6-3-7-22(17-21)28-15-10-23(27)25-13-11-24(12-14-25)20-9-8-18-4-1-2-5-19(18)16-20/h1-9,16-17,26H,10-15H2. The number of amides is 1. The van der Waals surface area contributed by atoms with E-state index in [4.69, 9.17) is 4.74 Å². The number of hydrogen-bond donors (Lipinski definition) is 1. The fraction of sp³-hybridized carbons (Fsp3) is 0.261. The first kappa shape index (κ1) is 18.2. The van der Waals surface area contributed by atoms with Crippen LogP contribution in [0.1, 0.15) is 6.42 Å². The Bertz CT molecular complexity index is 965. The predicted octanol–water partition coefficient (Wildman–Crippen LogP) is 3.66. The van der Waals surface area contributed by atoms with Gasteiger partial charge in [0.2, 0.25) is 5.91 Å². The lowest BCUT2D eigenvalue weighted by molar-refractivity contribution is -0.132. The Morgan fingerprint density at radius 1 is 0.893 bits per heavy atom. The molecule has 144 valence electrons. The van der Waals surface area contributed by atoms with E-state index in [2.05, 4.69) is 47.4 Å².